The van der Waals surface area contributed by atoms with Crippen LogP contribution >= 0.6 is 7.82 Å². The van der Waals surface area contributed by atoms with Crippen molar-refractivity contribution in [2.75, 3.05) is 113 Å². The lowest BCUT2D eigenvalue weighted by molar-refractivity contribution is -0.282. The van der Waals surface area contributed by atoms with Crippen LogP contribution in [-0.4, -0.2) is 272 Å². The summed E-state index contributed by atoms with van der Waals surface area (Å²) in [5.41, 5.74) is -1.86. The maximum Gasteiger partial charge on any atom is 0.473 e. The lowest BCUT2D eigenvalue weighted by atomic mass is 9.92. The third-order valence-corrected chi connectivity index (χ3v) is 13.5. The van der Waals surface area contributed by atoms with Crippen molar-refractivity contribution in [3.8, 4) is 0 Å². The van der Waals surface area contributed by atoms with Crippen LogP contribution in [0.5, 0.6) is 0 Å². The Morgan fingerprint density at radius 3 is 1.15 bits per heavy atom. The van der Waals surface area contributed by atoms with Crippen LogP contribution in [0.3, 0.4) is 0 Å². The van der Waals surface area contributed by atoms with Crippen LogP contribution in [0.4, 0.5) is 0 Å². The molecule has 16 atom stereocenters. The second kappa shape index (κ2) is 35.6. The van der Waals surface area contributed by atoms with Crippen LogP contribution in [0, 0.1) is 17.8 Å². The van der Waals surface area contributed by atoms with Gasteiger partial charge in [0.25, 0.3) is 0 Å². The summed E-state index contributed by atoms with van der Waals surface area (Å²) in [5.74, 6) is -5.90. The van der Waals surface area contributed by atoms with Crippen LogP contribution in [0.25, 0.3) is 0 Å². The molecule has 7 unspecified atom stereocenters. The Morgan fingerprint density at radius 1 is 0.513 bits per heavy atom. The molecule has 78 heavy (non-hydrogen) atoms. The first-order valence-corrected chi connectivity index (χ1v) is 26.9. The number of aliphatic hydroxyl groups excluding tert-OH is 9. The normalized spacial score (nSPS) is 30.8. The standard InChI is InChI=1S/C45H82N5O27P/c1-25-36(59)39(62)28(15-51)75-42(25)71-11-5-8-46-33(56)18-68-21-45(50-32(55)14-31(54)49-24-74-78(65,66)67-4,22-69-19-34(57)47-9-6-12-72-43-26(2)37(60)40(63)29(16-52)76-43)23-70-20-35(58)48-10-7-13-73-44-27(3)38(61)41(64)30(17-53)77-44/h25-30,36-44,51-53,59-64H,5-24H2,1-4H3,(H,46,56)(H,47,57)(H,48,58)(H,49,54)(H,50,55)(H,65,66)/t25?,26?,27?,28?,29?,30?,36-,37-,38-,39+,40+,41+,42-,43-,44-,45?/m1/s1. The largest absolute Gasteiger partial charge is 0.473 e. The molecule has 0 aromatic carbocycles. The molecular formula is C45H82N5O27P. The van der Waals surface area contributed by atoms with Crippen LogP contribution in [0.2, 0.25) is 0 Å². The van der Waals surface area contributed by atoms with Gasteiger partial charge < -0.3 is 120 Å². The highest BCUT2D eigenvalue weighted by Crippen LogP contribution is 2.41. The number of ether oxygens (including phenoxy) is 9. The topological polar surface area (TPSA) is 466 Å². The van der Waals surface area contributed by atoms with E-state index < -0.39 is 207 Å². The van der Waals surface area contributed by atoms with Crippen molar-refractivity contribution in [1.29, 1.82) is 0 Å². The Morgan fingerprint density at radius 2 is 0.846 bits per heavy atom. The molecule has 33 heteroatoms. The summed E-state index contributed by atoms with van der Waals surface area (Å²) in [6.45, 7) is -1.20. The molecule has 454 valence electrons. The fourth-order valence-electron chi connectivity index (χ4n) is 7.93. The number of hydrogen-bond donors (Lipinski definition) is 15. The van der Waals surface area contributed by atoms with E-state index in [-0.39, 0.29) is 58.7 Å². The van der Waals surface area contributed by atoms with Gasteiger partial charge in [0.1, 0.15) is 75.1 Å². The van der Waals surface area contributed by atoms with Crippen LogP contribution in [-0.2, 0) is 80.2 Å². The van der Waals surface area contributed by atoms with Gasteiger partial charge in [0.05, 0.1) is 77.8 Å². The van der Waals surface area contributed by atoms with Crippen molar-refractivity contribution < 1.29 is 131 Å². The third-order valence-electron chi connectivity index (χ3n) is 12.6. The molecule has 3 rings (SSSR count). The lowest BCUT2D eigenvalue weighted by Crippen LogP contribution is -2.59. The SMILES string of the molecule is COP(=O)(O)OCNC(=O)CC(=O)NC(COCC(=O)NCCCO[C@@H]1OC(CO)[C@H](O)[C@H](O)C1C)(COCC(=O)NCCCO[C@@H]1OC(CO)[C@H](O)[C@H](O)C1C)COCC(=O)NCCCO[C@@H]1OC(CO)[C@H](O)[C@H](O)C1C. The number of aliphatic hydroxyl groups is 9. The molecule has 0 aromatic heterocycles. The molecule has 0 aromatic rings. The lowest BCUT2D eigenvalue weighted by Gasteiger charge is -2.40. The molecule has 3 aliphatic rings. The summed E-state index contributed by atoms with van der Waals surface area (Å²) in [6.07, 6.45) is -13.9. The molecule has 3 fully saturated rings. The second-order valence-electron chi connectivity index (χ2n) is 18.9. The molecular weight excluding hydrogens is 1070 g/mol. The van der Waals surface area contributed by atoms with Gasteiger partial charge in [-0.3, -0.25) is 33.0 Å². The number of amides is 5. The number of phosphoric acid groups is 1. The van der Waals surface area contributed by atoms with Crippen molar-refractivity contribution in [2.24, 2.45) is 17.8 Å². The van der Waals surface area contributed by atoms with Crippen molar-refractivity contribution in [2.45, 2.75) is 126 Å². The fourth-order valence-corrected chi connectivity index (χ4v) is 8.26. The number of carbonyl (C=O) groups excluding carboxylic acids is 5. The first-order chi connectivity index (χ1) is 37.0. The van der Waals surface area contributed by atoms with Gasteiger partial charge in [0.15, 0.2) is 18.9 Å². The zero-order chi connectivity index (χ0) is 58.0. The summed E-state index contributed by atoms with van der Waals surface area (Å²) >= 11 is 0. The minimum atomic E-state index is -4.51. The van der Waals surface area contributed by atoms with Gasteiger partial charge in [0.2, 0.25) is 29.5 Å². The molecule has 0 spiro atoms. The van der Waals surface area contributed by atoms with Crippen molar-refractivity contribution in [3.63, 3.8) is 0 Å². The molecule has 0 saturated carbocycles. The third kappa shape index (κ3) is 23.3. The molecule has 0 aliphatic carbocycles. The summed E-state index contributed by atoms with van der Waals surface area (Å²) in [6, 6.07) is 0. The number of carbonyl (C=O) groups is 5. The average molecular weight is 1160 g/mol. The van der Waals surface area contributed by atoms with Crippen LogP contribution in [0.15, 0.2) is 0 Å². The van der Waals surface area contributed by atoms with E-state index >= 15 is 0 Å². The van der Waals surface area contributed by atoms with Crippen molar-refractivity contribution in [3.05, 3.63) is 0 Å². The zero-order valence-electron chi connectivity index (χ0n) is 44.2. The first kappa shape index (κ1) is 69.0. The molecule has 5 amide bonds. The molecule has 3 heterocycles. The van der Waals surface area contributed by atoms with Crippen molar-refractivity contribution in [1.82, 2.24) is 26.6 Å². The average Bonchev–Trinajstić information content (AvgIpc) is 3.40. The van der Waals surface area contributed by atoms with E-state index in [1.54, 1.807) is 20.8 Å². The van der Waals surface area contributed by atoms with Gasteiger partial charge in [-0.25, -0.2) is 4.57 Å². The molecule has 32 nitrogen and oxygen atoms in total. The van der Waals surface area contributed by atoms with Gasteiger partial charge in [0, 0.05) is 44.5 Å². The summed E-state index contributed by atoms with van der Waals surface area (Å²) < 4.78 is 71.3. The van der Waals surface area contributed by atoms with E-state index in [1.165, 1.54) is 0 Å². The Balaban J connectivity index is 1.65. The van der Waals surface area contributed by atoms with Gasteiger partial charge in [-0.2, -0.15) is 0 Å². The van der Waals surface area contributed by atoms with E-state index in [0.717, 1.165) is 7.11 Å². The molecule has 0 radical (unpaired) electrons. The van der Waals surface area contributed by atoms with Gasteiger partial charge >= 0.3 is 7.82 Å². The van der Waals surface area contributed by atoms with E-state index in [9.17, 15) is 79.4 Å². The molecule has 0 bridgehead atoms. The quantitative estimate of drug-likeness (QED) is 0.0119. The predicted octanol–water partition coefficient (Wildman–Crippen LogP) is -7.09. The monoisotopic (exact) mass is 1160 g/mol. The highest BCUT2D eigenvalue weighted by molar-refractivity contribution is 7.47. The second-order valence-corrected chi connectivity index (χ2v) is 20.5. The summed E-state index contributed by atoms with van der Waals surface area (Å²) in [4.78, 5) is 74.5. The van der Waals surface area contributed by atoms with Gasteiger partial charge in [-0.1, -0.05) is 20.8 Å². The van der Waals surface area contributed by atoms with Crippen LogP contribution in [0.1, 0.15) is 46.5 Å². The highest BCUT2D eigenvalue weighted by Gasteiger charge is 2.45. The molecule has 3 aliphatic heterocycles. The maximum atomic E-state index is 13.5. The van der Waals surface area contributed by atoms with E-state index in [2.05, 4.69) is 35.6 Å². The summed E-state index contributed by atoms with van der Waals surface area (Å²) in [5, 5.41) is 102. The molecule has 3 saturated heterocycles. The van der Waals surface area contributed by atoms with Gasteiger partial charge in [-0.05, 0) is 19.3 Å². The van der Waals surface area contributed by atoms with Crippen LogP contribution < -0.4 is 26.6 Å². The fraction of sp³-hybridized carbons (Fsp3) is 0.889. The zero-order valence-corrected chi connectivity index (χ0v) is 45.1. The highest BCUT2D eigenvalue weighted by atomic mass is 31.2. The Bertz CT molecular complexity index is 1690. The van der Waals surface area contributed by atoms with E-state index in [0.29, 0.717) is 0 Å². The Kier molecular flexibility index (Phi) is 31.5. The summed E-state index contributed by atoms with van der Waals surface area (Å²) in [7, 11) is -3.62. The number of nitrogens with one attached hydrogen (secondary N) is 5. The number of rotatable bonds is 37. The van der Waals surface area contributed by atoms with E-state index in [1.807, 2.05) is 0 Å². The van der Waals surface area contributed by atoms with E-state index in [4.69, 9.17) is 42.6 Å². The maximum absolute atomic E-state index is 13.5. The number of hydrogen-bond acceptors (Lipinski definition) is 26. The first-order valence-electron chi connectivity index (χ1n) is 25.4. The minimum absolute atomic E-state index is 0.0314. The Hall–Kier alpha value is -3.26. The minimum Gasteiger partial charge on any atom is -0.394 e. The van der Waals surface area contributed by atoms with Gasteiger partial charge in [-0.15, -0.1) is 0 Å². The molecule has 15 N–H and O–H groups in total. The Labute approximate surface area is 450 Å². The van der Waals surface area contributed by atoms with Crippen molar-refractivity contribution >= 4 is 37.4 Å². The smallest absolute Gasteiger partial charge is 0.394 e. The number of phosphoric ester groups is 1. The predicted molar refractivity (Wildman–Crippen MR) is 260 cm³/mol.